The topological polar surface area (TPSA) is 121 Å². The molecule has 33 heavy (non-hydrogen) atoms. The van der Waals surface area contributed by atoms with Crippen LogP contribution in [0.3, 0.4) is 0 Å². The third-order valence-corrected chi connectivity index (χ3v) is 10.3. The van der Waals surface area contributed by atoms with Gasteiger partial charge in [-0.2, -0.15) is 8.61 Å². The Bertz CT molecular complexity index is 1250. The van der Waals surface area contributed by atoms with Crippen LogP contribution in [0.25, 0.3) is 0 Å². The van der Waals surface area contributed by atoms with Crippen LogP contribution in [-0.2, 0) is 20.0 Å². The average molecular weight is 497 g/mol. The van der Waals surface area contributed by atoms with Crippen LogP contribution in [0, 0.1) is 20.8 Å². The first-order valence-electron chi connectivity index (χ1n) is 10.9. The zero-order valence-corrected chi connectivity index (χ0v) is 20.6. The lowest BCUT2D eigenvalue weighted by Gasteiger charge is -2.34. The molecule has 1 aromatic carbocycles. The number of sulfonamides is 2. The van der Waals surface area contributed by atoms with Gasteiger partial charge in [0.05, 0.1) is 4.90 Å². The minimum Gasteiger partial charge on any atom is -0.360 e. The molecular weight excluding hydrogens is 468 g/mol. The van der Waals surface area contributed by atoms with E-state index in [9.17, 15) is 21.6 Å². The molecule has 10 nitrogen and oxygen atoms in total. The molecule has 1 aromatic heterocycles. The number of rotatable bonds is 5. The molecule has 2 aliphatic heterocycles. The van der Waals surface area contributed by atoms with Crippen molar-refractivity contribution in [2.75, 3.05) is 39.3 Å². The maximum absolute atomic E-state index is 13.2. The molecule has 12 heteroatoms. The fourth-order valence-corrected chi connectivity index (χ4v) is 7.60. The van der Waals surface area contributed by atoms with Gasteiger partial charge in [-0.05, 0) is 51.3 Å². The van der Waals surface area contributed by atoms with Gasteiger partial charge in [0.15, 0.2) is 5.76 Å². The van der Waals surface area contributed by atoms with Gasteiger partial charge in [-0.3, -0.25) is 4.79 Å². The number of nitrogens with zero attached hydrogens (tertiary/aromatic N) is 4. The van der Waals surface area contributed by atoms with Crippen LogP contribution < -0.4 is 0 Å². The third kappa shape index (κ3) is 4.32. The van der Waals surface area contributed by atoms with Crippen molar-refractivity contribution in [2.24, 2.45) is 0 Å². The molecule has 1 amide bonds. The van der Waals surface area contributed by atoms with Gasteiger partial charge in [0.2, 0.25) is 20.0 Å². The Hall–Kier alpha value is -2.28. The first-order valence-corrected chi connectivity index (χ1v) is 13.7. The van der Waals surface area contributed by atoms with E-state index in [0.717, 1.165) is 12.8 Å². The monoisotopic (exact) mass is 496 g/mol. The molecule has 0 saturated carbocycles. The van der Waals surface area contributed by atoms with Gasteiger partial charge in [0.25, 0.3) is 5.91 Å². The summed E-state index contributed by atoms with van der Waals surface area (Å²) >= 11 is 0. The van der Waals surface area contributed by atoms with E-state index in [2.05, 4.69) is 5.16 Å². The van der Waals surface area contributed by atoms with Gasteiger partial charge in [-0.15, -0.1) is 0 Å². The lowest BCUT2D eigenvalue weighted by atomic mass is 10.1. The molecule has 2 saturated heterocycles. The molecular formula is C21H28N4O6S2. The number of benzene rings is 1. The molecule has 0 atom stereocenters. The molecule has 0 spiro atoms. The second kappa shape index (κ2) is 8.82. The van der Waals surface area contributed by atoms with Gasteiger partial charge in [-0.1, -0.05) is 11.2 Å². The summed E-state index contributed by atoms with van der Waals surface area (Å²) in [6.07, 6.45) is 1.66. The van der Waals surface area contributed by atoms with Gasteiger partial charge in [0.1, 0.15) is 10.6 Å². The first-order chi connectivity index (χ1) is 15.5. The fourth-order valence-electron chi connectivity index (χ4n) is 4.34. The van der Waals surface area contributed by atoms with Crippen molar-refractivity contribution >= 4 is 26.0 Å². The van der Waals surface area contributed by atoms with Crippen molar-refractivity contribution < 1.29 is 26.2 Å². The minimum absolute atomic E-state index is 0.0675. The summed E-state index contributed by atoms with van der Waals surface area (Å²) in [5, 5.41) is 3.73. The summed E-state index contributed by atoms with van der Waals surface area (Å²) in [5.74, 6) is -0.0713. The minimum atomic E-state index is -3.78. The molecule has 4 rings (SSSR count). The normalized spacial score (nSPS) is 18.7. The predicted molar refractivity (Wildman–Crippen MR) is 120 cm³/mol. The number of hydrogen-bond donors (Lipinski definition) is 0. The zero-order valence-electron chi connectivity index (χ0n) is 18.9. The standard InChI is InChI=1S/C21H28N4O6S2/c1-15-6-7-18(32(27,28)24-8-4-5-9-24)14-19(15)21(26)23-10-12-25(13-11-23)33(29,30)20-16(2)22-31-17(20)3/h6-7,14H,4-5,8-13H2,1-3H3. The number of piperazine rings is 1. The summed E-state index contributed by atoms with van der Waals surface area (Å²) < 4.78 is 59.7. The smallest absolute Gasteiger partial charge is 0.254 e. The van der Waals surface area contributed by atoms with Crippen molar-refractivity contribution in [1.82, 2.24) is 18.7 Å². The van der Waals surface area contributed by atoms with Crippen molar-refractivity contribution in [3.63, 3.8) is 0 Å². The highest BCUT2D eigenvalue weighted by Gasteiger charge is 2.35. The molecule has 2 fully saturated rings. The van der Waals surface area contributed by atoms with E-state index in [0.29, 0.717) is 29.9 Å². The van der Waals surface area contributed by atoms with Crippen LogP contribution >= 0.6 is 0 Å². The van der Waals surface area contributed by atoms with Crippen LogP contribution in [-0.4, -0.2) is 80.7 Å². The Morgan fingerprint density at radius 3 is 2.06 bits per heavy atom. The fraction of sp³-hybridized carbons (Fsp3) is 0.524. The van der Waals surface area contributed by atoms with Crippen molar-refractivity contribution in [3.8, 4) is 0 Å². The Kier molecular flexibility index (Phi) is 6.38. The van der Waals surface area contributed by atoms with Gasteiger partial charge >= 0.3 is 0 Å². The molecule has 3 heterocycles. The van der Waals surface area contributed by atoms with E-state index in [1.165, 1.54) is 20.7 Å². The highest BCUT2D eigenvalue weighted by Crippen LogP contribution is 2.26. The van der Waals surface area contributed by atoms with E-state index in [-0.39, 0.29) is 47.6 Å². The van der Waals surface area contributed by atoms with E-state index in [4.69, 9.17) is 4.52 Å². The lowest BCUT2D eigenvalue weighted by Crippen LogP contribution is -2.50. The van der Waals surface area contributed by atoms with Crippen molar-refractivity contribution in [3.05, 3.63) is 40.8 Å². The van der Waals surface area contributed by atoms with E-state index in [1.807, 2.05) is 0 Å². The highest BCUT2D eigenvalue weighted by atomic mass is 32.2. The Labute approximate surface area is 194 Å². The summed E-state index contributed by atoms with van der Waals surface area (Å²) in [5.41, 5.74) is 1.29. The van der Waals surface area contributed by atoms with Crippen molar-refractivity contribution in [2.45, 2.75) is 43.4 Å². The van der Waals surface area contributed by atoms with Crippen molar-refractivity contribution in [1.29, 1.82) is 0 Å². The van der Waals surface area contributed by atoms with Crippen LogP contribution in [0.1, 0.15) is 40.2 Å². The van der Waals surface area contributed by atoms with E-state index >= 15 is 0 Å². The maximum atomic E-state index is 13.2. The highest BCUT2D eigenvalue weighted by molar-refractivity contribution is 7.89. The Balaban J connectivity index is 1.51. The largest absolute Gasteiger partial charge is 0.360 e. The second-order valence-electron chi connectivity index (χ2n) is 8.44. The molecule has 2 aliphatic rings. The Morgan fingerprint density at radius 2 is 1.48 bits per heavy atom. The Morgan fingerprint density at radius 1 is 0.879 bits per heavy atom. The van der Waals surface area contributed by atoms with Gasteiger partial charge < -0.3 is 9.42 Å². The SMILES string of the molecule is Cc1ccc(S(=O)(=O)N2CCCC2)cc1C(=O)N1CCN(S(=O)(=O)c2c(C)noc2C)CC1. The number of carbonyl (C=O) groups is 1. The maximum Gasteiger partial charge on any atom is 0.254 e. The second-order valence-corrected chi connectivity index (χ2v) is 12.3. The average Bonchev–Trinajstić information content (AvgIpc) is 3.44. The predicted octanol–water partition coefficient (Wildman–Crippen LogP) is 1.53. The molecule has 0 aliphatic carbocycles. The van der Waals surface area contributed by atoms with E-state index in [1.54, 1.807) is 31.7 Å². The quantitative estimate of drug-likeness (QED) is 0.615. The molecule has 2 aromatic rings. The first kappa shape index (κ1) is 23.9. The molecule has 0 N–H and O–H groups in total. The van der Waals surface area contributed by atoms with Crippen LogP contribution in [0.4, 0.5) is 0 Å². The van der Waals surface area contributed by atoms with Gasteiger partial charge in [-0.25, -0.2) is 16.8 Å². The third-order valence-electron chi connectivity index (χ3n) is 6.23. The summed E-state index contributed by atoms with van der Waals surface area (Å²) in [6, 6.07) is 4.63. The number of aryl methyl sites for hydroxylation is 3. The van der Waals surface area contributed by atoms with Crippen LogP contribution in [0.2, 0.25) is 0 Å². The number of amides is 1. The number of hydrogen-bond acceptors (Lipinski definition) is 7. The number of aromatic nitrogens is 1. The van der Waals surface area contributed by atoms with Crippen LogP contribution in [0.5, 0.6) is 0 Å². The molecule has 0 radical (unpaired) electrons. The number of carbonyl (C=O) groups excluding carboxylic acids is 1. The molecule has 0 unspecified atom stereocenters. The lowest BCUT2D eigenvalue weighted by molar-refractivity contribution is 0.0696. The molecule has 0 bridgehead atoms. The summed E-state index contributed by atoms with van der Waals surface area (Å²) in [7, 11) is -7.43. The summed E-state index contributed by atoms with van der Waals surface area (Å²) in [4.78, 5) is 15.0. The zero-order chi connectivity index (χ0) is 24.0. The van der Waals surface area contributed by atoms with Gasteiger partial charge in [0, 0.05) is 44.8 Å². The molecule has 180 valence electrons. The van der Waals surface area contributed by atoms with E-state index < -0.39 is 20.0 Å². The summed E-state index contributed by atoms with van der Waals surface area (Å²) in [6.45, 7) is 6.52. The van der Waals surface area contributed by atoms with Crippen LogP contribution in [0.15, 0.2) is 32.5 Å².